The summed E-state index contributed by atoms with van der Waals surface area (Å²) < 4.78 is 0. The van der Waals surface area contributed by atoms with Crippen LogP contribution in [0.2, 0.25) is 0 Å². The van der Waals surface area contributed by atoms with Crippen LogP contribution in [0.5, 0.6) is 0 Å². The van der Waals surface area contributed by atoms with Crippen LogP contribution in [-0.4, -0.2) is 22.8 Å². The molecule has 0 bridgehead atoms. The van der Waals surface area contributed by atoms with Gasteiger partial charge in [0.05, 0.1) is 22.7 Å². The third-order valence-electron chi connectivity index (χ3n) is 5.16. The number of hydrogen-bond acceptors (Lipinski definition) is 4. The number of carbonyl (C=O) groups excluding carboxylic acids is 2. The third kappa shape index (κ3) is 1.79. The highest BCUT2D eigenvalue weighted by Gasteiger charge is 2.77. The Morgan fingerprint density at radius 2 is 1.90 bits per heavy atom. The van der Waals surface area contributed by atoms with E-state index in [0.29, 0.717) is 18.2 Å². The maximum Gasteiger partial charge on any atom is 0.240 e. The molecule has 5 heteroatoms. The Hall–Kier alpha value is -1.91. The van der Waals surface area contributed by atoms with Gasteiger partial charge < -0.3 is 5.32 Å². The maximum absolute atomic E-state index is 12.5. The van der Waals surface area contributed by atoms with E-state index < -0.39 is 10.8 Å². The van der Waals surface area contributed by atoms with E-state index in [2.05, 4.69) is 24.1 Å². The van der Waals surface area contributed by atoms with E-state index >= 15 is 0 Å². The molecule has 5 nitrogen and oxygen atoms in total. The van der Waals surface area contributed by atoms with E-state index in [1.165, 1.54) is 4.90 Å². The van der Waals surface area contributed by atoms with Crippen LogP contribution in [-0.2, 0) is 9.59 Å². The first-order valence-electron chi connectivity index (χ1n) is 7.45. The molecule has 1 aromatic rings. The van der Waals surface area contributed by atoms with E-state index in [9.17, 15) is 9.59 Å². The first kappa shape index (κ1) is 14.0. The van der Waals surface area contributed by atoms with E-state index in [-0.39, 0.29) is 11.8 Å². The molecule has 3 atom stereocenters. The van der Waals surface area contributed by atoms with Crippen molar-refractivity contribution in [2.75, 3.05) is 10.2 Å². The van der Waals surface area contributed by atoms with Gasteiger partial charge in [-0.2, -0.15) is 0 Å². The van der Waals surface area contributed by atoms with Gasteiger partial charge in [0.25, 0.3) is 0 Å². The molecule has 1 aliphatic heterocycles. The number of amides is 2. The maximum atomic E-state index is 12.5. The zero-order valence-electron chi connectivity index (χ0n) is 12.9. The molecule has 0 spiro atoms. The van der Waals surface area contributed by atoms with E-state index in [1.807, 2.05) is 19.9 Å². The van der Waals surface area contributed by atoms with E-state index in [4.69, 9.17) is 0 Å². The monoisotopic (exact) mass is 287 g/mol. The molecule has 0 radical (unpaired) electrons. The topological polar surface area (TPSA) is 62.3 Å². The molecule has 2 fully saturated rings. The van der Waals surface area contributed by atoms with Crippen molar-refractivity contribution in [1.29, 1.82) is 0 Å². The van der Waals surface area contributed by atoms with Gasteiger partial charge in [-0.05, 0) is 45.7 Å². The van der Waals surface area contributed by atoms with Crippen molar-refractivity contribution < 1.29 is 9.59 Å². The van der Waals surface area contributed by atoms with Gasteiger partial charge in [-0.25, -0.2) is 9.88 Å². The number of hydrogen-bond donors (Lipinski definition) is 1. The predicted molar refractivity (Wildman–Crippen MR) is 80.9 cm³/mol. The molecule has 1 aliphatic carbocycles. The van der Waals surface area contributed by atoms with Crippen molar-refractivity contribution in [1.82, 2.24) is 4.98 Å². The Balaban J connectivity index is 1.83. The number of nitrogens with zero attached hydrogens (tertiary/aromatic N) is 2. The van der Waals surface area contributed by atoms with Crippen LogP contribution in [0.1, 0.15) is 40.5 Å². The number of rotatable bonds is 4. The lowest BCUT2D eigenvalue weighted by Gasteiger charge is -2.19. The van der Waals surface area contributed by atoms with Crippen molar-refractivity contribution in [2.24, 2.45) is 10.8 Å². The van der Waals surface area contributed by atoms with Gasteiger partial charge in [0.15, 0.2) is 0 Å². The van der Waals surface area contributed by atoms with Crippen LogP contribution in [0.4, 0.5) is 11.5 Å². The molecule has 2 amide bonds. The van der Waals surface area contributed by atoms with E-state index in [1.54, 1.807) is 12.3 Å². The summed E-state index contributed by atoms with van der Waals surface area (Å²) in [7, 11) is 0. The molecule has 3 rings (SSSR count). The SMILES string of the molecule is CCC(C)Nc1ccc(N2C(=O)C3(C)CC3(C)C2=O)cn1. The fraction of sp³-hybridized carbons (Fsp3) is 0.562. The molecule has 1 N–H and O–H groups in total. The van der Waals surface area contributed by atoms with Crippen molar-refractivity contribution in [3.05, 3.63) is 18.3 Å². The Labute approximate surface area is 124 Å². The molecular weight excluding hydrogens is 266 g/mol. The fourth-order valence-electron chi connectivity index (χ4n) is 3.06. The second kappa shape index (κ2) is 4.29. The molecule has 0 aromatic carbocycles. The van der Waals surface area contributed by atoms with Crippen molar-refractivity contribution in [3.63, 3.8) is 0 Å². The van der Waals surface area contributed by atoms with Crippen molar-refractivity contribution >= 4 is 23.3 Å². The number of piperidine rings is 1. The van der Waals surface area contributed by atoms with Gasteiger partial charge >= 0.3 is 0 Å². The van der Waals surface area contributed by atoms with Crippen LogP contribution in [0.15, 0.2) is 18.3 Å². The van der Waals surface area contributed by atoms with Crippen LogP contribution < -0.4 is 10.2 Å². The van der Waals surface area contributed by atoms with Gasteiger partial charge in [0.2, 0.25) is 11.8 Å². The van der Waals surface area contributed by atoms with Gasteiger partial charge in [-0.15, -0.1) is 0 Å². The molecule has 21 heavy (non-hydrogen) atoms. The number of carbonyl (C=O) groups is 2. The summed E-state index contributed by atoms with van der Waals surface area (Å²) in [6, 6.07) is 3.94. The number of nitrogens with one attached hydrogen (secondary N) is 1. The molecule has 3 unspecified atom stereocenters. The highest BCUT2D eigenvalue weighted by Crippen LogP contribution is 2.69. The van der Waals surface area contributed by atoms with Crippen LogP contribution in [0, 0.1) is 10.8 Å². The molecular formula is C16H21N3O2. The number of fused-ring (bicyclic) bond motifs is 1. The second-order valence-corrected chi connectivity index (χ2v) is 6.64. The lowest BCUT2D eigenvalue weighted by Crippen LogP contribution is -2.35. The Kier molecular flexibility index (Phi) is 2.87. The quantitative estimate of drug-likeness (QED) is 0.865. The molecule has 2 aliphatic rings. The average molecular weight is 287 g/mol. The summed E-state index contributed by atoms with van der Waals surface area (Å²) in [6.07, 6.45) is 3.26. The van der Waals surface area contributed by atoms with Crippen LogP contribution >= 0.6 is 0 Å². The molecule has 112 valence electrons. The Morgan fingerprint density at radius 1 is 1.29 bits per heavy atom. The van der Waals surface area contributed by atoms with Crippen LogP contribution in [0.3, 0.4) is 0 Å². The smallest absolute Gasteiger partial charge is 0.240 e. The lowest BCUT2D eigenvalue weighted by molar-refractivity contribution is -0.125. The minimum absolute atomic E-state index is 0.0977. The summed E-state index contributed by atoms with van der Waals surface area (Å²) in [5.41, 5.74) is -0.468. The van der Waals surface area contributed by atoms with E-state index in [0.717, 1.165) is 12.2 Å². The zero-order chi connectivity index (χ0) is 15.4. The molecule has 1 saturated heterocycles. The highest BCUT2D eigenvalue weighted by atomic mass is 16.2. The first-order valence-corrected chi connectivity index (χ1v) is 7.45. The third-order valence-corrected chi connectivity index (χ3v) is 5.16. The number of anilines is 2. The largest absolute Gasteiger partial charge is 0.368 e. The minimum atomic E-state index is -0.516. The lowest BCUT2D eigenvalue weighted by atomic mass is 10.00. The zero-order valence-corrected chi connectivity index (χ0v) is 12.9. The molecule has 1 saturated carbocycles. The molecule has 2 heterocycles. The number of pyridine rings is 1. The molecule has 1 aromatic heterocycles. The summed E-state index contributed by atoms with van der Waals surface area (Å²) >= 11 is 0. The summed E-state index contributed by atoms with van der Waals surface area (Å²) in [6.45, 7) is 7.93. The van der Waals surface area contributed by atoms with Crippen molar-refractivity contribution in [2.45, 2.75) is 46.6 Å². The minimum Gasteiger partial charge on any atom is -0.368 e. The van der Waals surface area contributed by atoms with Crippen LogP contribution in [0.25, 0.3) is 0 Å². The Bertz CT molecular complexity index is 586. The average Bonchev–Trinajstić information content (AvgIpc) is 3.01. The summed E-state index contributed by atoms with van der Waals surface area (Å²) in [5, 5.41) is 3.26. The Morgan fingerprint density at radius 3 is 2.38 bits per heavy atom. The van der Waals surface area contributed by atoms with Gasteiger partial charge in [0, 0.05) is 6.04 Å². The highest BCUT2D eigenvalue weighted by molar-refractivity contribution is 6.28. The fourth-order valence-corrected chi connectivity index (χ4v) is 3.06. The van der Waals surface area contributed by atoms with Crippen molar-refractivity contribution in [3.8, 4) is 0 Å². The normalized spacial score (nSPS) is 32.1. The number of imide groups is 1. The van der Waals surface area contributed by atoms with Gasteiger partial charge in [-0.3, -0.25) is 9.59 Å². The predicted octanol–water partition coefficient (Wildman–Crippen LogP) is 2.58. The van der Waals surface area contributed by atoms with Gasteiger partial charge in [-0.1, -0.05) is 6.92 Å². The standard InChI is InChI=1S/C16H21N3O2/c1-5-10(2)18-12-7-6-11(8-17-12)19-13(20)15(3)9-16(15,4)14(19)21/h6-8,10H,5,9H2,1-4H3,(H,17,18). The summed E-state index contributed by atoms with van der Waals surface area (Å²) in [4.78, 5) is 30.5. The first-order chi connectivity index (χ1) is 9.83. The second-order valence-electron chi connectivity index (χ2n) is 6.64. The number of aromatic nitrogens is 1. The van der Waals surface area contributed by atoms with Gasteiger partial charge in [0.1, 0.15) is 5.82 Å². The summed E-state index contributed by atoms with van der Waals surface area (Å²) in [5.74, 6) is 0.564.